The summed E-state index contributed by atoms with van der Waals surface area (Å²) in [5.41, 5.74) is 0. The molecule has 32 heavy (non-hydrogen) atoms. The Labute approximate surface area is 194 Å². The molecule has 0 spiro atoms. The minimum absolute atomic E-state index is 0.291. The first kappa shape index (κ1) is 22.8. The molecule has 0 aliphatic heterocycles. The number of nitrogens with one attached hydrogen (secondary N) is 2. The quantitative estimate of drug-likeness (QED) is 0.345. The first-order valence-electron chi connectivity index (χ1n) is 11.0. The lowest BCUT2D eigenvalue weighted by Gasteiger charge is -2.31. The topological polar surface area (TPSA) is 24.1 Å². The zero-order valence-corrected chi connectivity index (χ0v) is 20.4. The van der Waals surface area contributed by atoms with Crippen LogP contribution in [-0.4, -0.2) is 12.1 Å². The van der Waals surface area contributed by atoms with Crippen LogP contribution < -0.4 is 31.4 Å². The van der Waals surface area contributed by atoms with Crippen molar-refractivity contribution in [3.8, 4) is 0 Å². The Morgan fingerprint density at radius 3 is 0.844 bits per heavy atom. The number of rotatable bonds is 9. The molecule has 0 radical (unpaired) electrons. The van der Waals surface area contributed by atoms with Gasteiger partial charge in [-0.15, -0.1) is 0 Å². The molecule has 2 atom stereocenters. The zero-order chi connectivity index (χ0) is 22.2. The van der Waals surface area contributed by atoms with Gasteiger partial charge in [-0.05, 0) is 35.1 Å². The molecule has 0 amide bonds. The fourth-order valence-electron chi connectivity index (χ4n) is 3.54. The maximum absolute atomic E-state index is 3.97. The van der Waals surface area contributed by atoms with Crippen molar-refractivity contribution in [3.63, 3.8) is 0 Å². The highest BCUT2D eigenvalue weighted by Crippen LogP contribution is 2.33. The summed E-state index contributed by atoms with van der Waals surface area (Å²) in [5.74, 6) is 0. The fourth-order valence-corrected chi connectivity index (χ4v) is 7.87. The van der Waals surface area contributed by atoms with Crippen LogP contribution in [0.3, 0.4) is 0 Å². The highest BCUT2D eigenvalue weighted by Gasteiger charge is 2.23. The maximum Gasteiger partial charge on any atom is 0.0256 e. The van der Waals surface area contributed by atoms with Gasteiger partial charge >= 0.3 is 0 Å². The van der Waals surface area contributed by atoms with Crippen molar-refractivity contribution in [2.45, 2.75) is 25.9 Å². The molecule has 4 rings (SSSR count). The Balaban J connectivity index is 1.55. The van der Waals surface area contributed by atoms with Gasteiger partial charge in [-0.3, -0.25) is 10.2 Å². The molecule has 0 aliphatic carbocycles. The van der Waals surface area contributed by atoms with Crippen LogP contribution in [0.5, 0.6) is 0 Å². The van der Waals surface area contributed by atoms with Crippen LogP contribution >= 0.6 is 16.1 Å². The second kappa shape index (κ2) is 11.5. The van der Waals surface area contributed by atoms with Crippen molar-refractivity contribution in [1.82, 2.24) is 10.2 Å². The number of hydrogen-bond donors (Lipinski definition) is 2. The lowest BCUT2D eigenvalue weighted by molar-refractivity contribution is 0.539. The van der Waals surface area contributed by atoms with Crippen LogP contribution in [0.25, 0.3) is 0 Å². The van der Waals surface area contributed by atoms with Gasteiger partial charge in [0, 0.05) is 28.2 Å². The zero-order valence-electron chi connectivity index (χ0n) is 18.6. The Morgan fingerprint density at radius 1 is 0.406 bits per heavy atom. The predicted octanol–water partition coefficient (Wildman–Crippen LogP) is 5.04. The number of benzene rings is 4. The second-order valence-corrected chi connectivity index (χ2v) is 11.8. The second-order valence-electron chi connectivity index (χ2n) is 7.85. The molecule has 0 heterocycles. The van der Waals surface area contributed by atoms with Crippen molar-refractivity contribution in [2.75, 3.05) is 0 Å². The maximum atomic E-state index is 3.97. The Hall–Kier alpha value is -2.34. The third kappa shape index (κ3) is 5.91. The van der Waals surface area contributed by atoms with E-state index in [1.54, 1.807) is 0 Å². The van der Waals surface area contributed by atoms with Gasteiger partial charge in [0.05, 0.1) is 0 Å². The molecule has 0 saturated carbocycles. The molecule has 0 saturated heterocycles. The average Bonchev–Trinajstić information content (AvgIpc) is 2.87. The summed E-state index contributed by atoms with van der Waals surface area (Å²) in [4.78, 5) is 0. The van der Waals surface area contributed by atoms with E-state index in [-0.39, 0.29) is 0 Å². The molecule has 4 aromatic rings. The first-order valence-corrected chi connectivity index (χ1v) is 13.7. The van der Waals surface area contributed by atoms with E-state index >= 15 is 0 Å². The molecule has 2 nitrogen and oxygen atoms in total. The summed E-state index contributed by atoms with van der Waals surface area (Å²) in [6, 6.07) is 43.8. The van der Waals surface area contributed by atoms with Gasteiger partial charge in [0.2, 0.25) is 0 Å². The molecule has 4 aromatic carbocycles. The van der Waals surface area contributed by atoms with Gasteiger partial charge in [-0.25, -0.2) is 0 Å². The summed E-state index contributed by atoms with van der Waals surface area (Å²) < 4.78 is 0. The summed E-state index contributed by atoms with van der Waals surface area (Å²) in [7, 11) is -1.28. The van der Waals surface area contributed by atoms with Crippen LogP contribution in [0, 0.1) is 0 Å². The van der Waals surface area contributed by atoms with Gasteiger partial charge in [0.25, 0.3) is 0 Å². The SMILES string of the molecule is C[C@H](NP(c1ccccc1)c1ccccc1)[C@H](C)NP(c1ccccc1)c1ccccc1. The molecule has 2 N–H and O–H groups in total. The van der Waals surface area contributed by atoms with Gasteiger partial charge in [-0.2, -0.15) is 0 Å². The van der Waals surface area contributed by atoms with Crippen molar-refractivity contribution < 1.29 is 0 Å². The molecule has 0 aliphatic rings. The molecule has 4 heteroatoms. The van der Waals surface area contributed by atoms with E-state index < -0.39 is 16.1 Å². The van der Waals surface area contributed by atoms with Gasteiger partial charge in [0.15, 0.2) is 0 Å². The molecule has 0 bridgehead atoms. The molecular formula is C28H30N2P2. The van der Waals surface area contributed by atoms with E-state index in [1.165, 1.54) is 21.2 Å². The Morgan fingerprint density at radius 2 is 0.625 bits per heavy atom. The van der Waals surface area contributed by atoms with Crippen LogP contribution in [0.4, 0.5) is 0 Å². The predicted molar refractivity (Wildman–Crippen MR) is 143 cm³/mol. The van der Waals surface area contributed by atoms with Crippen molar-refractivity contribution in [1.29, 1.82) is 0 Å². The van der Waals surface area contributed by atoms with Crippen LogP contribution in [0.1, 0.15) is 13.8 Å². The van der Waals surface area contributed by atoms with Crippen molar-refractivity contribution >= 4 is 37.4 Å². The number of hydrogen-bond acceptors (Lipinski definition) is 2. The summed E-state index contributed by atoms with van der Waals surface area (Å²) in [6.45, 7) is 4.59. The fraction of sp³-hybridized carbons (Fsp3) is 0.143. The lowest BCUT2D eigenvalue weighted by atomic mass is 10.2. The normalized spacial score (nSPS) is 13.2. The van der Waals surface area contributed by atoms with Gasteiger partial charge in [-0.1, -0.05) is 121 Å². The van der Waals surface area contributed by atoms with Gasteiger partial charge < -0.3 is 0 Å². The molecule has 0 fully saturated rings. The van der Waals surface area contributed by atoms with E-state index in [9.17, 15) is 0 Å². The third-order valence-corrected chi connectivity index (χ3v) is 10.1. The van der Waals surface area contributed by atoms with Gasteiger partial charge in [0.1, 0.15) is 0 Å². The van der Waals surface area contributed by atoms with Crippen molar-refractivity contribution in [3.05, 3.63) is 121 Å². The van der Waals surface area contributed by atoms with Crippen LogP contribution in [0.2, 0.25) is 0 Å². The largest absolute Gasteiger partial charge is 0.284 e. The standard InChI is InChI=1S/C28H30N2P2/c1-23(29-31(25-15-7-3-8-16-25)26-17-9-4-10-18-26)24(2)30-32(27-19-11-5-12-20-27)28-21-13-6-14-22-28/h3-24,29-30H,1-2H3/t23-,24-/m0/s1. The minimum Gasteiger partial charge on any atom is -0.284 e. The molecular weight excluding hydrogens is 426 g/mol. The molecule has 0 aromatic heterocycles. The minimum atomic E-state index is -0.639. The average molecular weight is 457 g/mol. The summed E-state index contributed by atoms with van der Waals surface area (Å²) >= 11 is 0. The van der Waals surface area contributed by atoms with E-state index in [0.29, 0.717) is 12.1 Å². The summed E-state index contributed by atoms with van der Waals surface area (Å²) in [6.07, 6.45) is 0. The van der Waals surface area contributed by atoms with Crippen LogP contribution in [0.15, 0.2) is 121 Å². The molecule has 0 unspecified atom stereocenters. The van der Waals surface area contributed by atoms with E-state index in [0.717, 1.165) is 0 Å². The highest BCUT2D eigenvalue weighted by molar-refractivity contribution is 7.71. The first-order chi connectivity index (χ1) is 15.7. The monoisotopic (exact) mass is 456 g/mol. The smallest absolute Gasteiger partial charge is 0.0256 e. The van der Waals surface area contributed by atoms with E-state index in [2.05, 4.69) is 145 Å². The Bertz CT molecular complexity index is 892. The Kier molecular flexibility index (Phi) is 8.21. The highest BCUT2D eigenvalue weighted by atomic mass is 31.1. The summed E-state index contributed by atoms with van der Waals surface area (Å²) in [5, 5.41) is 13.3. The van der Waals surface area contributed by atoms with Crippen molar-refractivity contribution in [2.24, 2.45) is 0 Å². The van der Waals surface area contributed by atoms with E-state index in [1.807, 2.05) is 0 Å². The lowest BCUT2D eigenvalue weighted by Crippen LogP contribution is -2.44. The molecule has 162 valence electrons. The van der Waals surface area contributed by atoms with Crippen LogP contribution in [-0.2, 0) is 0 Å². The van der Waals surface area contributed by atoms with E-state index in [4.69, 9.17) is 0 Å². The third-order valence-electron chi connectivity index (χ3n) is 5.47.